The highest BCUT2D eigenvalue weighted by Gasteiger charge is 2.29. The molecule has 2 aliphatic rings. The molecule has 0 amide bonds. The van der Waals surface area contributed by atoms with Gasteiger partial charge in [-0.2, -0.15) is 0 Å². The molecule has 0 radical (unpaired) electrons. The van der Waals surface area contributed by atoms with Crippen LogP contribution in [0.5, 0.6) is 0 Å². The Morgan fingerprint density at radius 2 is 2.00 bits per heavy atom. The van der Waals surface area contributed by atoms with Crippen LogP contribution in [0.1, 0.15) is 24.8 Å². The first kappa shape index (κ1) is 19.5. The summed E-state index contributed by atoms with van der Waals surface area (Å²) in [6, 6.07) is 9.88. The topological polar surface area (TPSA) is 54.0 Å². The Morgan fingerprint density at radius 1 is 1.09 bits per heavy atom. The van der Waals surface area contributed by atoms with E-state index in [4.69, 9.17) is 4.42 Å². The molecule has 7 heteroatoms. The molecule has 164 valence electrons. The van der Waals surface area contributed by atoms with E-state index < -0.39 is 11.4 Å². The second kappa shape index (κ2) is 7.45. The summed E-state index contributed by atoms with van der Waals surface area (Å²) in [5.74, 6) is -0.413. The summed E-state index contributed by atoms with van der Waals surface area (Å²) in [5, 5.41) is 0.827. The molecule has 6 nitrogen and oxygen atoms in total. The number of halogens is 1. The first-order chi connectivity index (χ1) is 15.5. The van der Waals surface area contributed by atoms with Gasteiger partial charge in [0, 0.05) is 55.2 Å². The van der Waals surface area contributed by atoms with Crippen molar-refractivity contribution < 1.29 is 8.81 Å². The molecule has 0 N–H and O–H groups in total. The molecule has 2 saturated heterocycles. The van der Waals surface area contributed by atoms with Gasteiger partial charge in [-0.25, -0.2) is 14.2 Å². The largest absolute Gasteiger partial charge is 0.422 e. The van der Waals surface area contributed by atoms with Gasteiger partial charge in [0.15, 0.2) is 11.5 Å². The van der Waals surface area contributed by atoms with E-state index in [1.807, 2.05) is 19.1 Å². The maximum absolute atomic E-state index is 14.3. The summed E-state index contributed by atoms with van der Waals surface area (Å²) in [6.45, 7) is 6.10. The number of piperidine rings is 1. The molecule has 0 spiro atoms. The molecule has 0 aliphatic carbocycles. The Kier molecular flexibility index (Phi) is 4.54. The smallest absolute Gasteiger partial charge is 0.345 e. The van der Waals surface area contributed by atoms with E-state index in [1.54, 1.807) is 22.9 Å². The molecule has 4 aromatic rings. The lowest BCUT2D eigenvalue weighted by Gasteiger charge is -2.44. The van der Waals surface area contributed by atoms with Gasteiger partial charge in [-0.3, -0.25) is 4.90 Å². The zero-order valence-corrected chi connectivity index (χ0v) is 18.1. The summed E-state index contributed by atoms with van der Waals surface area (Å²) in [5.41, 5.74) is 2.90. The van der Waals surface area contributed by atoms with Gasteiger partial charge in [0.05, 0.1) is 11.3 Å². The molecule has 3 aromatic heterocycles. The number of hydrogen-bond acceptors (Lipinski definition) is 5. The monoisotopic (exact) mass is 432 g/mol. The number of anilines is 1. The first-order valence-electron chi connectivity index (χ1n) is 11.3. The van der Waals surface area contributed by atoms with Crippen LogP contribution in [0.15, 0.2) is 51.9 Å². The molecular formula is C25H25FN4O2. The van der Waals surface area contributed by atoms with Crippen molar-refractivity contribution in [3.8, 4) is 11.3 Å². The van der Waals surface area contributed by atoms with Crippen LogP contribution < -0.4 is 10.5 Å². The molecule has 2 aliphatic heterocycles. The minimum Gasteiger partial charge on any atom is -0.422 e. The number of hydrogen-bond donors (Lipinski definition) is 0. The third-order valence-electron chi connectivity index (χ3n) is 6.84. The number of nitrogens with zero attached hydrogens (tertiary/aromatic N) is 4. The van der Waals surface area contributed by atoms with Gasteiger partial charge >= 0.3 is 5.63 Å². The second-order valence-electron chi connectivity index (χ2n) is 9.02. The Balaban J connectivity index is 1.35. The zero-order valence-electron chi connectivity index (χ0n) is 18.1. The molecule has 0 saturated carbocycles. The number of piperazine rings is 1. The number of imidazole rings is 1. The van der Waals surface area contributed by atoms with Gasteiger partial charge in [0.1, 0.15) is 5.58 Å². The zero-order chi connectivity index (χ0) is 21.8. The minimum atomic E-state index is -0.465. The summed E-state index contributed by atoms with van der Waals surface area (Å²) in [6.07, 6.45) is 7.31. The fourth-order valence-electron chi connectivity index (χ4n) is 5.19. The molecule has 0 bridgehead atoms. The minimum absolute atomic E-state index is 0.197. The lowest BCUT2D eigenvalue weighted by Crippen LogP contribution is -2.54. The van der Waals surface area contributed by atoms with Crippen molar-refractivity contribution >= 4 is 22.3 Å². The van der Waals surface area contributed by atoms with Crippen LogP contribution in [-0.4, -0.2) is 46.5 Å². The average molecular weight is 432 g/mol. The van der Waals surface area contributed by atoms with Crippen LogP contribution in [0, 0.1) is 12.7 Å². The van der Waals surface area contributed by atoms with Crippen LogP contribution in [-0.2, 0) is 0 Å². The maximum Gasteiger partial charge on any atom is 0.345 e. The fourth-order valence-corrected chi connectivity index (χ4v) is 5.19. The lowest BCUT2D eigenvalue weighted by molar-refractivity contribution is 0.133. The van der Waals surface area contributed by atoms with Crippen LogP contribution >= 0.6 is 0 Å². The third kappa shape index (κ3) is 3.28. The van der Waals surface area contributed by atoms with Gasteiger partial charge in [-0.1, -0.05) is 6.42 Å². The van der Waals surface area contributed by atoms with Gasteiger partial charge in [0.25, 0.3) is 0 Å². The fraction of sp³-hybridized carbons (Fsp3) is 0.360. The Morgan fingerprint density at radius 3 is 2.91 bits per heavy atom. The molecule has 2 fully saturated rings. The number of aryl methyl sites for hydroxylation is 1. The highest BCUT2D eigenvalue weighted by molar-refractivity contribution is 5.84. The number of pyridine rings is 1. The summed E-state index contributed by atoms with van der Waals surface area (Å²) < 4.78 is 21.6. The number of aromatic nitrogens is 2. The first-order valence-corrected chi connectivity index (χ1v) is 11.3. The molecule has 6 rings (SSSR count). The van der Waals surface area contributed by atoms with E-state index in [0.717, 1.165) is 36.3 Å². The molecule has 1 unspecified atom stereocenters. The lowest BCUT2D eigenvalue weighted by atomic mass is 9.99. The third-order valence-corrected chi connectivity index (χ3v) is 6.84. The summed E-state index contributed by atoms with van der Waals surface area (Å²) >= 11 is 0. The standard InChI is InChI=1S/C25H25FN4O2/c1-16-10-21(26)24-27-22(15-30(24)13-16)20-11-17-5-6-18(12-23(17)32-25(20)31)29-9-8-28-7-3-2-4-19(28)14-29/h5-6,10-13,15,19H,2-4,7-9,14H2,1H3. The van der Waals surface area contributed by atoms with Crippen molar-refractivity contribution in [3.63, 3.8) is 0 Å². The van der Waals surface area contributed by atoms with Gasteiger partial charge < -0.3 is 13.7 Å². The Hall–Kier alpha value is -3.19. The summed E-state index contributed by atoms with van der Waals surface area (Å²) in [4.78, 5) is 22.1. The van der Waals surface area contributed by atoms with Crippen molar-refractivity contribution in [2.75, 3.05) is 31.1 Å². The molecule has 5 heterocycles. The Bertz CT molecular complexity index is 1390. The van der Waals surface area contributed by atoms with E-state index in [2.05, 4.69) is 20.9 Å². The maximum atomic E-state index is 14.3. The van der Waals surface area contributed by atoms with Crippen LogP contribution in [0.4, 0.5) is 10.1 Å². The van der Waals surface area contributed by atoms with E-state index in [-0.39, 0.29) is 5.65 Å². The molecule has 1 atom stereocenters. The molecule has 32 heavy (non-hydrogen) atoms. The second-order valence-corrected chi connectivity index (χ2v) is 9.02. The quantitative estimate of drug-likeness (QED) is 0.444. The SMILES string of the molecule is Cc1cc(F)c2nc(-c3cc4ccc(N5CCN6CCCCC6C5)cc4oc3=O)cn2c1. The van der Waals surface area contributed by atoms with Crippen molar-refractivity contribution in [2.24, 2.45) is 0 Å². The predicted octanol–water partition coefficient (Wildman–Crippen LogP) is 4.23. The highest BCUT2D eigenvalue weighted by Crippen LogP contribution is 2.29. The Labute approximate surface area is 184 Å². The van der Waals surface area contributed by atoms with Crippen molar-refractivity contribution in [2.45, 2.75) is 32.2 Å². The average Bonchev–Trinajstić information content (AvgIpc) is 3.22. The van der Waals surface area contributed by atoms with E-state index in [9.17, 15) is 9.18 Å². The predicted molar refractivity (Wildman–Crippen MR) is 123 cm³/mol. The van der Waals surface area contributed by atoms with Crippen molar-refractivity contribution in [1.29, 1.82) is 0 Å². The number of rotatable bonds is 2. The van der Waals surface area contributed by atoms with Gasteiger partial charge in [-0.15, -0.1) is 0 Å². The van der Waals surface area contributed by atoms with E-state index in [0.29, 0.717) is 22.9 Å². The normalized spacial score (nSPS) is 19.6. The van der Waals surface area contributed by atoms with Gasteiger partial charge in [0.2, 0.25) is 0 Å². The highest BCUT2D eigenvalue weighted by atomic mass is 19.1. The van der Waals surface area contributed by atoms with Crippen LogP contribution in [0.25, 0.3) is 27.9 Å². The molecular weight excluding hydrogens is 407 g/mol. The number of benzene rings is 1. The van der Waals surface area contributed by atoms with Crippen LogP contribution in [0.2, 0.25) is 0 Å². The van der Waals surface area contributed by atoms with E-state index >= 15 is 0 Å². The molecule has 1 aromatic carbocycles. The van der Waals surface area contributed by atoms with Crippen molar-refractivity contribution in [1.82, 2.24) is 14.3 Å². The van der Waals surface area contributed by atoms with Gasteiger partial charge in [-0.05, 0) is 56.1 Å². The van der Waals surface area contributed by atoms with Crippen LogP contribution in [0.3, 0.4) is 0 Å². The van der Waals surface area contributed by atoms with Crippen molar-refractivity contribution in [3.05, 3.63) is 64.5 Å². The number of fused-ring (bicyclic) bond motifs is 3. The van der Waals surface area contributed by atoms with E-state index in [1.165, 1.54) is 31.9 Å². The summed E-state index contributed by atoms with van der Waals surface area (Å²) in [7, 11) is 0.